The quantitative estimate of drug-likeness (QED) is 0.787. The molecule has 3 aromatic rings. The highest BCUT2D eigenvalue weighted by Crippen LogP contribution is 2.28. The summed E-state index contributed by atoms with van der Waals surface area (Å²) in [5.74, 6) is 0.842. The van der Waals surface area contributed by atoms with Crippen molar-refractivity contribution >= 4 is 38.3 Å². The standard InChI is InChI=1S/C13H12ClN3OS/c1-7-10(8(2)18-17-7)6-15-13-16-11-4-3-9(14)5-12(11)19-13/h3-5H,6H2,1-2H3,(H,15,16). The lowest BCUT2D eigenvalue weighted by Crippen LogP contribution is -2.00. The molecular weight excluding hydrogens is 282 g/mol. The van der Waals surface area contributed by atoms with Crippen molar-refractivity contribution in [2.24, 2.45) is 0 Å². The molecule has 0 amide bonds. The van der Waals surface area contributed by atoms with Crippen molar-refractivity contribution in [3.63, 3.8) is 0 Å². The van der Waals surface area contributed by atoms with E-state index in [1.54, 1.807) is 11.3 Å². The van der Waals surface area contributed by atoms with Gasteiger partial charge in [0.25, 0.3) is 0 Å². The van der Waals surface area contributed by atoms with Gasteiger partial charge in [-0.15, -0.1) is 0 Å². The molecule has 4 nitrogen and oxygen atoms in total. The number of rotatable bonds is 3. The highest BCUT2D eigenvalue weighted by atomic mass is 35.5. The highest BCUT2D eigenvalue weighted by molar-refractivity contribution is 7.22. The fourth-order valence-corrected chi connectivity index (χ4v) is 3.03. The number of aromatic nitrogens is 2. The summed E-state index contributed by atoms with van der Waals surface area (Å²) in [6.07, 6.45) is 0. The zero-order valence-corrected chi connectivity index (χ0v) is 12.1. The molecule has 0 unspecified atom stereocenters. The molecule has 0 saturated heterocycles. The third-order valence-corrected chi connectivity index (χ3v) is 4.16. The summed E-state index contributed by atoms with van der Waals surface area (Å²) in [6.45, 7) is 4.51. The maximum atomic E-state index is 5.97. The second kappa shape index (κ2) is 4.83. The third kappa shape index (κ3) is 2.43. The number of aryl methyl sites for hydroxylation is 2. The second-order valence-electron chi connectivity index (χ2n) is 4.29. The van der Waals surface area contributed by atoms with Crippen LogP contribution in [0.5, 0.6) is 0 Å². The van der Waals surface area contributed by atoms with Gasteiger partial charge in [0.2, 0.25) is 0 Å². The van der Waals surface area contributed by atoms with Crippen LogP contribution in [0.2, 0.25) is 5.02 Å². The van der Waals surface area contributed by atoms with Gasteiger partial charge in [0.1, 0.15) is 5.76 Å². The van der Waals surface area contributed by atoms with E-state index >= 15 is 0 Å². The van der Waals surface area contributed by atoms with E-state index in [0.717, 1.165) is 37.4 Å². The van der Waals surface area contributed by atoms with Gasteiger partial charge >= 0.3 is 0 Å². The molecule has 1 aromatic carbocycles. The van der Waals surface area contributed by atoms with Crippen LogP contribution in [0, 0.1) is 13.8 Å². The number of hydrogen-bond donors (Lipinski definition) is 1. The number of thiazole rings is 1. The predicted molar refractivity (Wildman–Crippen MR) is 77.9 cm³/mol. The monoisotopic (exact) mass is 293 g/mol. The van der Waals surface area contributed by atoms with Gasteiger partial charge in [0.15, 0.2) is 5.13 Å². The summed E-state index contributed by atoms with van der Waals surface area (Å²) >= 11 is 7.55. The van der Waals surface area contributed by atoms with Gasteiger partial charge in [-0.25, -0.2) is 4.98 Å². The molecule has 0 radical (unpaired) electrons. The van der Waals surface area contributed by atoms with Gasteiger partial charge in [0, 0.05) is 17.1 Å². The normalized spacial score (nSPS) is 11.1. The van der Waals surface area contributed by atoms with Crippen LogP contribution in [0.3, 0.4) is 0 Å². The number of halogens is 1. The molecule has 19 heavy (non-hydrogen) atoms. The zero-order valence-electron chi connectivity index (χ0n) is 10.5. The van der Waals surface area contributed by atoms with E-state index in [1.807, 2.05) is 32.0 Å². The van der Waals surface area contributed by atoms with Crippen LogP contribution < -0.4 is 5.32 Å². The molecule has 6 heteroatoms. The first-order chi connectivity index (χ1) is 9.13. The molecule has 0 bridgehead atoms. The van der Waals surface area contributed by atoms with Gasteiger partial charge in [0.05, 0.1) is 15.9 Å². The molecule has 0 aliphatic carbocycles. The molecule has 0 aliphatic heterocycles. The highest BCUT2D eigenvalue weighted by Gasteiger charge is 2.10. The van der Waals surface area contributed by atoms with E-state index in [0.29, 0.717) is 6.54 Å². The number of nitrogens with one attached hydrogen (secondary N) is 1. The van der Waals surface area contributed by atoms with Crippen LogP contribution in [0.4, 0.5) is 5.13 Å². The first kappa shape index (κ1) is 12.4. The van der Waals surface area contributed by atoms with E-state index in [4.69, 9.17) is 16.1 Å². The summed E-state index contributed by atoms with van der Waals surface area (Å²) < 4.78 is 6.21. The maximum absolute atomic E-state index is 5.97. The van der Waals surface area contributed by atoms with Crippen molar-refractivity contribution in [1.82, 2.24) is 10.1 Å². The van der Waals surface area contributed by atoms with Crippen LogP contribution in [-0.2, 0) is 6.54 Å². The van der Waals surface area contributed by atoms with Crippen molar-refractivity contribution in [2.75, 3.05) is 5.32 Å². The fourth-order valence-electron chi connectivity index (χ4n) is 1.89. The Bertz CT molecular complexity index is 715. The van der Waals surface area contributed by atoms with E-state index in [1.165, 1.54) is 0 Å². The lowest BCUT2D eigenvalue weighted by Gasteiger charge is -2.00. The zero-order chi connectivity index (χ0) is 13.4. The predicted octanol–water partition coefficient (Wildman–Crippen LogP) is 4.17. The van der Waals surface area contributed by atoms with Gasteiger partial charge in [-0.1, -0.05) is 28.1 Å². The minimum absolute atomic E-state index is 0.661. The van der Waals surface area contributed by atoms with E-state index in [-0.39, 0.29) is 0 Å². The number of nitrogens with zero attached hydrogens (tertiary/aromatic N) is 2. The Balaban J connectivity index is 1.82. The van der Waals surface area contributed by atoms with Crippen molar-refractivity contribution in [1.29, 1.82) is 0 Å². The summed E-state index contributed by atoms with van der Waals surface area (Å²) in [4.78, 5) is 4.51. The van der Waals surface area contributed by atoms with Crippen molar-refractivity contribution in [3.8, 4) is 0 Å². The molecule has 0 spiro atoms. The topological polar surface area (TPSA) is 51.0 Å². The number of anilines is 1. The molecule has 2 aromatic heterocycles. The van der Waals surface area contributed by atoms with Gasteiger partial charge in [-0.3, -0.25) is 0 Å². The first-order valence-electron chi connectivity index (χ1n) is 5.85. The Labute approximate surface area is 119 Å². The average Bonchev–Trinajstić information content (AvgIpc) is 2.91. The molecule has 1 N–H and O–H groups in total. The van der Waals surface area contributed by atoms with Crippen LogP contribution in [0.1, 0.15) is 17.0 Å². The average molecular weight is 294 g/mol. The Kier molecular flexibility index (Phi) is 3.16. The van der Waals surface area contributed by atoms with Crippen molar-refractivity contribution in [2.45, 2.75) is 20.4 Å². The molecule has 0 aliphatic rings. The Morgan fingerprint density at radius 3 is 2.95 bits per heavy atom. The molecule has 2 heterocycles. The van der Waals surface area contributed by atoms with Gasteiger partial charge in [-0.05, 0) is 32.0 Å². The SMILES string of the molecule is Cc1noc(C)c1CNc1nc2ccc(Cl)cc2s1. The Morgan fingerprint density at radius 2 is 2.21 bits per heavy atom. The number of benzene rings is 1. The summed E-state index contributed by atoms with van der Waals surface area (Å²) in [6, 6.07) is 5.70. The van der Waals surface area contributed by atoms with E-state index < -0.39 is 0 Å². The van der Waals surface area contributed by atoms with Gasteiger partial charge in [-0.2, -0.15) is 0 Å². The van der Waals surface area contributed by atoms with Crippen LogP contribution in [0.15, 0.2) is 22.7 Å². The second-order valence-corrected chi connectivity index (χ2v) is 5.75. The molecule has 0 fully saturated rings. The lowest BCUT2D eigenvalue weighted by atomic mass is 10.2. The van der Waals surface area contributed by atoms with E-state index in [9.17, 15) is 0 Å². The van der Waals surface area contributed by atoms with Crippen LogP contribution in [-0.4, -0.2) is 10.1 Å². The summed E-state index contributed by atoms with van der Waals surface area (Å²) in [7, 11) is 0. The molecule has 0 saturated carbocycles. The first-order valence-corrected chi connectivity index (χ1v) is 7.04. The minimum atomic E-state index is 0.661. The third-order valence-electron chi connectivity index (χ3n) is 2.95. The smallest absolute Gasteiger partial charge is 0.184 e. The number of fused-ring (bicyclic) bond motifs is 1. The molecule has 0 atom stereocenters. The fraction of sp³-hybridized carbons (Fsp3) is 0.231. The maximum Gasteiger partial charge on any atom is 0.184 e. The van der Waals surface area contributed by atoms with Gasteiger partial charge < -0.3 is 9.84 Å². The van der Waals surface area contributed by atoms with E-state index in [2.05, 4.69) is 15.5 Å². The Morgan fingerprint density at radius 1 is 1.37 bits per heavy atom. The molecular formula is C13H12ClN3OS. The molecule has 3 rings (SSSR count). The van der Waals surface area contributed by atoms with Crippen molar-refractivity contribution in [3.05, 3.63) is 40.2 Å². The van der Waals surface area contributed by atoms with Crippen molar-refractivity contribution < 1.29 is 4.52 Å². The Hall–Kier alpha value is -1.59. The minimum Gasteiger partial charge on any atom is -0.361 e. The summed E-state index contributed by atoms with van der Waals surface area (Å²) in [5.41, 5.74) is 2.95. The van der Waals surface area contributed by atoms with Crippen LogP contribution >= 0.6 is 22.9 Å². The largest absolute Gasteiger partial charge is 0.361 e. The van der Waals surface area contributed by atoms with Crippen LogP contribution in [0.25, 0.3) is 10.2 Å². The lowest BCUT2D eigenvalue weighted by molar-refractivity contribution is 0.392. The molecule has 98 valence electrons. The summed E-state index contributed by atoms with van der Waals surface area (Å²) in [5, 5.41) is 8.84. The number of hydrogen-bond acceptors (Lipinski definition) is 5.